The van der Waals surface area contributed by atoms with E-state index >= 15 is 0 Å². The maximum Gasteiger partial charge on any atom is 0.166 e. The number of nitrogens with zero attached hydrogens (tertiary/aromatic N) is 1. The minimum atomic E-state index is -0.432. The number of ether oxygens (including phenoxy) is 1. The number of anilines is 1. The highest BCUT2D eigenvalue weighted by atomic mass is 35.5. The summed E-state index contributed by atoms with van der Waals surface area (Å²) in [6.07, 6.45) is 3.45. The summed E-state index contributed by atoms with van der Waals surface area (Å²) in [4.78, 5) is 4.22. The number of nitrogens with one attached hydrogen (secondary N) is 4. The fourth-order valence-electron chi connectivity index (χ4n) is 3.37. The molecule has 6 N–H and O–H groups in total. The van der Waals surface area contributed by atoms with Crippen LogP contribution < -0.4 is 21.1 Å². The molecular formula is C22H24ClFN6O. The Morgan fingerprint density at radius 3 is 2.84 bits per heavy atom. The lowest BCUT2D eigenvalue weighted by molar-refractivity contribution is 0.306. The molecule has 0 spiro atoms. The largest absolute Gasteiger partial charge is 0.485 e. The van der Waals surface area contributed by atoms with Crippen LogP contribution in [0.5, 0.6) is 5.75 Å². The molecule has 2 heterocycles. The third kappa shape index (κ3) is 4.86. The third-order valence-electron chi connectivity index (χ3n) is 4.82. The van der Waals surface area contributed by atoms with Crippen LogP contribution in [0.15, 0.2) is 47.8 Å². The van der Waals surface area contributed by atoms with Crippen LogP contribution >= 0.6 is 11.6 Å². The van der Waals surface area contributed by atoms with Crippen molar-refractivity contribution in [2.24, 2.45) is 0 Å². The van der Waals surface area contributed by atoms with Crippen molar-refractivity contribution in [3.8, 4) is 5.75 Å². The average Bonchev–Trinajstić information content (AvgIpc) is 2.73. The summed E-state index contributed by atoms with van der Waals surface area (Å²) in [7, 11) is 1.72. The predicted molar refractivity (Wildman–Crippen MR) is 122 cm³/mol. The van der Waals surface area contributed by atoms with Crippen molar-refractivity contribution in [1.29, 1.82) is 10.8 Å². The minimum absolute atomic E-state index is 0.01000. The number of benzene rings is 1. The topological polar surface area (TPSA) is 120 Å². The SMILES string of the molecule is CCN/C1=C(\C(=N)Cl)C/C(=C/NC)C(=N)c2ccc(F)cc2COc2cc1cnc2N. The van der Waals surface area contributed by atoms with Crippen LogP contribution in [0, 0.1) is 16.6 Å². The first-order chi connectivity index (χ1) is 14.8. The lowest BCUT2D eigenvalue weighted by Crippen LogP contribution is -2.19. The summed E-state index contributed by atoms with van der Waals surface area (Å²) in [5.74, 6) is 0.0726. The van der Waals surface area contributed by atoms with E-state index in [1.165, 1.54) is 12.1 Å². The number of nitrogen functional groups attached to an aromatic ring is 1. The molecule has 2 bridgehead atoms. The minimum Gasteiger partial charge on any atom is -0.485 e. The Morgan fingerprint density at radius 1 is 1.39 bits per heavy atom. The van der Waals surface area contributed by atoms with Gasteiger partial charge in [-0.15, -0.1) is 0 Å². The molecule has 0 saturated carbocycles. The fourth-order valence-corrected chi connectivity index (χ4v) is 3.53. The fraction of sp³-hybridized carbons (Fsp3) is 0.227. The molecule has 1 aromatic carbocycles. The molecule has 0 amide bonds. The van der Waals surface area contributed by atoms with Gasteiger partial charge in [0.25, 0.3) is 0 Å². The van der Waals surface area contributed by atoms with E-state index in [9.17, 15) is 4.39 Å². The monoisotopic (exact) mass is 442 g/mol. The summed E-state index contributed by atoms with van der Waals surface area (Å²) in [5, 5.41) is 23.0. The molecule has 162 valence electrons. The normalized spacial score (nSPS) is 17.8. The quantitative estimate of drug-likeness (QED) is 0.461. The Morgan fingerprint density at radius 2 is 2.16 bits per heavy atom. The number of hydrogen-bond donors (Lipinski definition) is 5. The Hall–Kier alpha value is -3.39. The summed E-state index contributed by atoms with van der Waals surface area (Å²) >= 11 is 6.20. The van der Waals surface area contributed by atoms with E-state index in [1.807, 2.05) is 6.92 Å². The number of aromatic nitrogens is 1. The summed E-state index contributed by atoms with van der Waals surface area (Å²) in [6, 6.07) is 5.90. The molecule has 0 aliphatic carbocycles. The molecule has 1 aliphatic heterocycles. The van der Waals surface area contributed by atoms with Crippen molar-refractivity contribution in [3.63, 3.8) is 0 Å². The summed E-state index contributed by atoms with van der Waals surface area (Å²) in [5.41, 5.74) is 9.48. The van der Waals surface area contributed by atoms with Crippen molar-refractivity contribution in [3.05, 3.63) is 70.3 Å². The number of halogens is 2. The van der Waals surface area contributed by atoms with Gasteiger partial charge in [0.15, 0.2) is 11.6 Å². The van der Waals surface area contributed by atoms with Gasteiger partial charge in [-0.2, -0.15) is 0 Å². The van der Waals surface area contributed by atoms with Gasteiger partial charge in [0, 0.05) is 60.4 Å². The van der Waals surface area contributed by atoms with Gasteiger partial charge in [0.2, 0.25) is 0 Å². The molecule has 0 saturated heterocycles. The van der Waals surface area contributed by atoms with E-state index in [-0.39, 0.29) is 29.7 Å². The number of allylic oxidation sites excluding steroid dienone is 2. The zero-order valence-electron chi connectivity index (χ0n) is 17.3. The lowest BCUT2D eigenvalue weighted by Gasteiger charge is -2.21. The molecule has 0 fully saturated rings. The number of fused-ring (bicyclic) bond motifs is 3. The lowest BCUT2D eigenvalue weighted by atomic mass is 9.92. The van der Waals surface area contributed by atoms with Crippen LogP contribution in [0.2, 0.25) is 0 Å². The number of nitrogens with two attached hydrogens (primary N) is 1. The highest BCUT2D eigenvalue weighted by Gasteiger charge is 2.22. The highest BCUT2D eigenvalue weighted by molar-refractivity contribution is 6.69. The van der Waals surface area contributed by atoms with E-state index in [2.05, 4.69) is 15.6 Å². The molecule has 3 rings (SSSR count). The van der Waals surface area contributed by atoms with Gasteiger partial charge >= 0.3 is 0 Å². The van der Waals surface area contributed by atoms with Gasteiger partial charge in [-0.25, -0.2) is 9.37 Å². The number of rotatable bonds is 4. The van der Waals surface area contributed by atoms with Crippen molar-refractivity contribution in [2.75, 3.05) is 19.3 Å². The average molecular weight is 443 g/mol. The molecule has 31 heavy (non-hydrogen) atoms. The van der Waals surface area contributed by atoms with Gasteiger partial charge in [-0.1, -0.05) is 11.6 Å². The van der Waals surface area contributed by atoms with Gasteiger partial charge < -0.3 is 21.1 Å². The highest BCUT2D eigenvalue weighted by Crippen LogP contribution is 2.31. The van der Waals surface area contributed by atoms with Crippen molar-refractivity contribution >= 4 is 34.0 Å². The Balaban J connectivity index is 2.30. The van der Waals surface area contributed by atoms with Crippen LogP contribution in [0.1, 0.15) is 30.0 Å². The molecule has 0 radical (unpaired) electrons. The van der Waals surface area contributed by atoms with E-state index in [1.54, 1.807) is 31.6 Å². The second kappa shape index (κ2) is 9.61. The van der Waals surface area contributed by atoms with Gasteiger partial charge in [-0.3, -0.25) is 10.8 Å². The van der Waals surface area contributed by atoms with Crippen LogP contribution in [-0.2, 0) is 6.61 Å². The van der Waals surface area contributed by atoms with Gasteiger partial charge in [0.1, 0.15) is 17.6 Å². The predicted octanol–water partition coefficient (Wildman–Crippen LogP) is 3.79. The van der Waals surface area contributed by atoms with Crippen molar-refractivity contribution in [2.45, 2.75) is 20.0 Å². The van der Waals surface area contributed by atoms with Crippen LogP contribution in [0.25, 0.3) is 5.70 Å². The van der Waals surface area contributed by atoms with Crippen LogP contribution in [0.3, 0.4) is 0 Å². The molecule has 1 aromatic heterocycles. The standard InChI is InChI=1S/C22H24ClFN6O/c1-3-29-20-13-8-18(22(27)30-10-13)31-11-14-6-15(24)4-5-16(14)19(25)12(9-28-2)7-17(20)21(23)26/h4-6,8-10,25-26,28-29H,3,7,11H2,1-2H3,(H2,27,30)/b12-9-,20-17-,25-19?,26-21?. The molecule has 9 heteroatoms. The molecule has 2 aromatic rings. The van der Waals surface area contributed by atoms with E-state index in [0.717, 1.165) is 0 Å². The van der Waals surface area contributed by atoms with Gasteiger partial charge in [-0.05, 0) is 36.8 Å². The van der Waals surface area contributed by atoms with Crippen molar-refractivity contribution < 1.29 is 9.13 Å². The van der Waals surface area contributed by atoms with E-state index < -0.39 is 5.82 Å². The first kappa shape index (κ1) is 22.3. The maximum atomic E-state index is 14.0. The first-order valence-corrected chi connectivity index (χ1v) is 10.1. The Kier molecular flexibility index (Phi) is 6.91. The second-order valence-electron chi connectivity index (χ2n) is 6.91. The number of pyridine rings is 1. The summed E-state index contributed by atoms with van der Waals surface area (Å²) in [6.45, 7) is 2.52. The summed E-state index contributed by atoms with van der Waals surface area (Å²) < 4.78 is 19.8. The first-order valence-electron chi connectivity index (χ1n) is 9.69. The van der Waals surface area contributed by atoms with E-state index in [0.29, 0.717) is 45.8 Å². The van der Waals surface area contributed by atoms with Crippen molar-refractivity contribution in [1.82, 2.24) is 15.6 Å². The van der Waals surface area contributed by atoms with Crippen LogP contribution in [-0.4, -0.2) is 29.5 Å². The molecule has 0 unspecified atom stereocenters. The second-order valence-corrected chi connectivity index (χ2v) is 7.28. The maximum absolute atomic E-state index is 14.0. The molecule has 1 aliphatic rings. The van der Waals surface area contributed by atoms with Crippen LogP contribution in [0.4, 0.5) is 10.2 Å². The molecule has 7 nitrogen and oxygen atoms in total. The van der Waals surface area contributed by atoms with E-state index in [4.69, 9.17) is 32.9 Å². The third-order valence-corrected chi connectivity index (χ3v) is 5.05. The number of hydrogen-bond acceptors (Lipinski definition) is 7. The van der Waals surface area contributed by atoms with Gasteiger partial charge in [0.05, 0.1) is 5.71 Å². The zero-order valence-corrected chi connectivity index (χ0v) is 18.0. The Bertz CT molecular complexity index is 1100. The zero-order chi connectivity index (χ0) is 22.5. The molecular weight excluding hydrogens is 419 g/mol. The molecule has 0 atom stereocenters. The smallest absolute Gasteiger partial charge is 0.166 e. The Labute approximate surface area is 185 Å².